The van der Waals surface area contributed by atoms with Crippen LogP contribution in [0.25, 0.3) is 0 Å². The van der Waals surface area contributed by atoms with E-state index in [0.29, 0.717) is 6.54 Å². The lowest BCUT2D eigenvalue weighted by molar-refractivity contribution is -0.122. The quantitative estimate of drug-likeness (QED) is 0.870. The third-order valence-corrected chi connectivity index (χ3v) is 4.99. The van der Waals surface area contributed by atoms with Gasteiger partial charge in [-0.25, -0.2) is 0 Å². The van der Waals surface area contributed by atoms with E-state index < -0.39 is 6.10 Å². The fourth-order valence-corrected chi connectivity index (χ4v) is 3.41. The Morgan fingerprint density at radius 3 is 3.00 bits per heavy atom. The van der Waals surface area contributed by atoms with Gasteiger partial charge in [-0.2, -0.15) is 0 Å². The summed E-state index contributed by atoms with van der Waals surface area (Å²) < 4.78 is 0. The summed E-state index contributed by atoms with van der Waals surface area (Å²) in [4.78, 5) is 13.4. The van der Waals surface area contributed by atoms with E-state index in [1.165, 1.54) is 4.90 Å². The number of fused-ring (bicyclic) bond motifs is 1. The number of hydrogen-bond donors (Lipinski definition) is 2. The van der Waals surface area contributed by atoms with E-state index in [1.54, 1.807) is 11.8 Å². The van der Waals surface area contributed by atoms with Gasteiger partial charge in [-0.15, -0.1) is 11.8 Å². The first-order chi connectivity index (χ1) is 9.13. The molecule has 2 rings (SSSR count). The van der Waals surface area contributed by atoms with Gasteiger partial charge in [0.2, 0.25) is 5.91 Å². The standard InChI is InChI=1S/C15H21NO2S/c1-3-10(2)13(17)8-16-15(18)12-9-19-14-7-5-4-6-11(12)14/h4-7,10,12-13,17H,3,8-9H2,1-2H3,(H,16,18). The summed E-state index contributed by atoms with van der Waals surface area (Å²) in [6.45, 7) is 4.38. The zero-order chi connectivity index (χ0) is 13.8. The predicted octanol–water partition coefficient (Wildman–Crippen LogP) is 2.40. The zero-order valence-electron chi connectivity index (χ0n) is 11.4. The van der Waals surface area contributed by atoms with Gasteiger partial charge in [0.25, 0.3) is 0 Å². The van der Waals surface area contributed by atoms with Gasteiger partial charge >= 0.3 is 0 Å². The number of amides is 1. The van der Waals surface area contributed by atoms with Crippen molar-refractivity contribution in [3.63, 3.8) is 0 Å². The Kier molecular flexibility index (Phi) is 4.88. The van der Waals surface area contributed by atoms with Crippen LogP contribution in [0.4, 0.5) is 0 Å². The summed E-state index contributed by atoms with van der Waals surface area (Å²) in [7, 11) is 0. The molecular formula is C15H21NO2S. The topological polar surface area (TPSA) is 49.3 Å². The zero-order valence-corrected chi connectivity index (χ0v) is 12.2. The van der Waals surface area contributed by atoms with Crippen molar-refractivity contribution in [2.75, 3.05) is 12.3 Å². The maximum atomic E-state index is 12.2. The molecule has 1 heterocycles. The number of hydrogen-bond acceptors (Lipinski definition) is 3. The van der Waals surface area contributed by atoms with Gasteiger partial charge < -0.3 is 10.4 Å². The molecule has 0 spiro atoms. The second-order valence-electron chi connectivity index (χ2n) is 5.10. The summed E-state index contributed by atoms with van der Waals surface area (Å²) in [5, 5.41) is 12.8. The molecule has 2 N–H and O–H groups in total. The Morgan fingerprint density at radius 1 is 1.53 bits per heavy atom. The first-order valence-electron chi connectivity index (χ1n) is 6.81. The number of carbonyl (C=O) groups excluding carboxylic acids is 1. The molecule has 1 amide bonds. The number of carbonyl (C=O) groups is 1. The Bertz CT molecular complexity index is 450. The minimum absolute atomic E-state index is 0.0276. The predicted molar refractivity (Wildman–Crippen MR) is 78.4 cm³/mol. The number of aliphatic hydroxyl groups is 1. The van der Waals surface area contributed by atoms with Gasteiger partial charge in [0.05, 0.1) is 12.0 Å². The van der Waals surface area contributed by atoms with Gasteiger partial charge in [-0.05, 0) is 17.5 Å². The van der Waals surface area contributed by atoms with E-state index in [9.17, 15) is 9.90 Å². The fraction of sp³-hybridized carbons (Fsp3) is 0.533. The number of rotatable bonds is 5. The Balaban J connectivity index is 1.92. The van der Waals surface area contributed by atoms with E-state index in [2.05, 4.69) is 11.4 Å². The average Bonchev–Trinajstić information content (AvgIpc) is 2.87. The van der Waals surface area contributed by atoms with Gasteiger partial charge in [-0.1, -0.05) is 38.5 Å². The molecule has 3 atom stereocenters. The van der Waals surface area contributed by atoms with Crippen LogP contribution in [0.3, 0.4) is 0 Å². The molecule has 0 fully saturated rings. The molecule has 0 aliphatic carbocycles. The van der Waals surface area contributed by atoms with Crippen molar-refractivity contribution in [2.45, 2.75) is 37.2 Å². The van der Waals surface area contributed by atoms with E-state index >= 15 is 0 Å². The number of nitrogens with one attached hydrogen (secondary N) is 1. The van der Waals surface area contributed by atoms with Gasteiger partial charge in [0.1, 0.15) is 0 Å². The highest BCUT2D eigenvalue weighted by Crippen LogP contribution is 2.39. The third kappa shape index (κ3) is 3.31. The molecule has 19 heavy (non-hydrogen) atoms. The molecule has 104 valence electrons. The number of thioether (sulfide) groups is 1. The fourth-order valence-electron chi connectivity index (χ4n) is 2.18. The maximum Gasteiger partial charge on any atom is 0.228 e. The van der Waals surface area contributed by atoms with Crippen molar-refractivity contribution < 1.29 is 9.90 Å². The smallest absolute Gasteiger partial charge is 0.228 e. The van der Waals surface area contributed by atoms with Crippen LogP contribution >= 0.6 is 11.8 Å². The van der Waals surface area contributed by atoms with Crippen molar-refractivity contribution in [3.8, 4) is 0 Å². The summed E-state index contributed by atoms with van der Waals surface area (Å²) in [6, 6.07) is 8.05. The highest BCUT2D eigenvalue weighted by Gasteiger charge is 2.29. The first-order valence-corrected chi connectivity index (χ1v) is 7.79. The van der Waals surface area contributed by atoms with Crippen LogP contribution < -0.4 is 5.32 Å². The number of aliphatic hydroxyl groups excluding tert-OH is 1. The molecule has 1 aromatic carbocycles. The molecule has 0 saturated heterocycles. The molecule has 4 heteroatoms. The van der Waals surface area contributed by atoms with Crippen molar-refractivity contribution >= 4 is 17.7 Å². The molecule has 0 aromatic heterocycles. The molecule has 0 saturated carbocycles. The minimum Gasteiger partial charge on any atom is -0.391 e. The van der Waals surface area contributed by atoms with Gasteiger partial charge in [0.15, 0.2) is 0 Å². The minimum atomic E-state index is -0.460. The monoisotopic (exact) mass is 279 g/mol. The van der Waals surface area contributed by atoms with Crippen LogP contribution in [0.1, 0.15) is 31.7 Å². The molecule has 1 aliphatic heterocycles. The molecule has 3 nitrogen and oxygen atoms in total. The lowest BCUT2D eigenvalue weighted by Gasteiger charge is -2.19. The van der Waals surface area contributed by atoms with Crippen LogP contribution in [0.5, 0.6) is 0 Å². The van der Waals surface area contributed by atoms with Crippen LogP contribution in [-0.2, 0) is 4.79 Å². The van der Waals surface area contributed by atoms with Gasteiger partial charge in [0, 0.05) is 17.2 Å². The first kappa shape index (κ1) is 14.4. The van der Waals surface area contributed by atoms with E-state index in [0.717, 1.165) is 17.7 Å². The average molecular weight is 279 g/mol. The summed E-state index contributed by atoms with van der Waals surface area (Å²) in [5.41, 5.74) is 1.11. The van der Waals surface area contributed by atoms with Crippen molar-refractivity contribution in [2.24, 2.45) is 5.92 Å². The van der Waals surface area contributed by atoms with Crippen LogP contribution in [0, 0.1) is 5.92 Å². The lowest BCUT2D eigenvalue weighted by Crippen LogP contribution is -2.38. The molecule has 1 aromatic rings. The van der Waals surface area contributed by atoms with E-state index in [1.807, 2.05) is 32.0 Å². The van der Waals surface area contributed by atoms with E-state index in [-0.39, 0.29) is 17.7 Å². The lowest BCUT2D eigenvalue weighted by atomic mass is 9.99. The normalized spacial score (nSPS) is 20.7. The Labute approximate surface area is 118 Å². The highest BCUT2D eigenvalue weighted by molar-refractivity contribution is 7.99. The van der Waals surface area contributed by atoms with Crippen molar-refractivity contribution in [1.82, 2.24) is 5.32 Å². The van der Waals surface area contributed by atoms with Crippen LogP contribution in [-0.4, -0.2) is 29.4 Å². The number of benzene rings is 1. The Hall–Kier alpha value is -1.00. The summed E-state index contributed by atoms with van der Waals surface area (Å²) in [5.74, 6) is 0.959. The molecular weight excluding hydrogens is 258 g/mol. The summed E-state index contributed by atoms with van der Waals surface area (Å²) in [6.07, 6.45) is 0.456. The van der Waals surface area contributed by atoms with Crippen molar-refractivity contribution in [1.29, 1.82) is 0 Å². The molecule has 3 unspecified atom stereocenters. The molecule has 0 radical (unpaired) electrons. The highest BCUT2D eigenvalue weighted by atomic mass is 32.2. The van der Waals surface area contributed by atoms with E-state index in [4.69, 9.17) is 0 Å². The third-order valence-electron chi connectivity index (χ3n) is 3.80. The SMILES string of the molecule is CCC(C)C(O)CNC(=O)C1CSc2ccccc21. The molecule has 1 aliphatic rings. The van der Waals surface area contributed by atoms with Crippen LogP contribution in [0.15, 0.2) is 29.2 Å². The maximum absolute atomic E-state index is 12.2. The molecule has 0 bridgehead atoms. The second kappa shape index (κ2) is 6.44. The largest absolute Gasteiger partial charge is 0.391 e. The van der Waals surface area contributed by atoms with Crippen molar-refractivity contribution in [3.05, 3.63) is 29.8 Å². The summed E-state index contributed by atoms with van der Waals surface area (Å²) >= 11 is 1.73. The Morgan fingerprint density at radius 2 is 2.26 bits per heavy atom. The van der Waals surface area contributed by atoms with Gasteiger partial charge in [-0.3, -0.25) is 4.79 Å². The second-order valence-corrected chi connectivity index (χ2v) is 6.16. The van der Waals surface area contributed by atoms with Crippen LogP contribution in [0.2, 0.25) is 0 Å².